The second kappa shape index (κ2) is 4.26. The minimum atomic E-state index is 0.00822. The Morgan fingerprint density at radius 3 is 3.23 bits per heavy atom. The number of hydrogen-bond donors (Lipinski definition) is 1. The lowest BCUT2D eigenvalue weighted by molar-refractivity contribution is 0.0716. The van der Waals surface area contributed by atoms with Gasteiger partial charge in [-0.15, -0.1) is 0 Å². The van der Waals surface area contributed by atoms with Crippen LogP contribution < -0.4 is 0 Å². The number of carbonyl (C=O) groups is 1. The van der Waals surface area contributed by atoms with E-state index in [-0.39, 0.29) is 5.91 Å². The predicted octanol–water partition coefficient (Wildman–Crippen LogP) is 2.61. The van der Waals surface area contributed by atoms with Crippen molar-refractivity contribution in [3.63, 3.8) is 0 Å². The molecule has 2 atom stereocenters. The fourth-order valence-electron chi connectivity index (χ4n) is 4.09. The molecule has 5 rings (SSSR count). The van der Waals surface area contributed by atoms with E-state index in [1.54, 1.807) is 12.1 Å². The molecule has 3 aliphatic heterocycles. The SMILES string of the molecule is O=C(c1n[nH]c2cc(Cl)ccc12)N1C2=CN3CC[C@@H]2C[C@@H]1C3. The van der Waals surface area contributed by atoms with Gasteiger partial charge < -0.3 is 9.80 Å². The molecular weight excluding hydrogens is 300 g/mol. The summed E-state index contributed by atoms with van der Waals surface area (Å²) in [6.07, 6.45) is 4.41. The number of nitrogens with zero attached hydrogens (tertiary/aromatic N) is 3. The Hall–Kier alpha value is -2.01. The number of nitrogens with one attached hydrogen (secondary N) is 1. The first kappa shape index (κ1) is 12.5. The maximum absolute atomic E-state index is 13.0. The van der Waals surface area contributed by atoms with Crippen LogP contribution in [0.5, 0.6) is 0 Å². The largest absolute Gasteiger partial charge is 0.374 e. The van der Waals surface area contributed by atoms with Gasteiger partial charge in [-0.05, 0) is 31.0 Å². The van der Waals surface area contributed by atoms with E-state index in [0.29, 0.717) is 22.7 Å². The maximum atomic E-state index is 13.0. The molecule has 3 bridgehead atoms. The van der Waals surface area contributed by atoms with Gasteiger partial charge in [0.15, 0.2) is 5.69 Å². The smallest absolute Gasteiger partial charge is 0.279 e. The van der Waals surface area contributed by atoms with E-state index in [4.69, 9.17) is 11.6 Å². The number of allylic oxidation sites excluding steroid dienone is 1. The Bertz CT molecular complexity index is 825. The van der Waals surface area contributed by atoms with Crippen molar-refractivity contribution < 1.29 is 4.79 Å². The van der Waals surface area contributed by atoms with Crippen molar-refractivity contribution in [1.29, 1.82) is 0 Å². The van der Waals surface area contributed by atoms with Crippen LogP contribution in [-0.4, -0.2) is 45.0 Å². The molecule has 0 aliphatic carbocycles. The number of rotatable bonds is 1. The van der Waals surface area contributed by atoms with Gasteiger partial charge in [0.2, 0.25) is 0 Å². The molecule has 1 N–H and O–H groups in total. The van der Waals surface area contributed by atoms with Gasteiger partial charge in [0.05, 0.1) is 11.6 Å². The molecule has 0 saturated carbocycles. The van der Waals surface area contributed by atoms with Gasteiger partial charge in [-0.3, -0.25) is 9.89 Å². The Labute approximate surface area is 132 Å². The molecule has 6 heteroatoms. The molecule has 22 heavy (non-hydrogen) atoms. The van der Waals surface area contributed by atoms with E-state index in [9.17, 15) is 4.79 Å². The second-order valence-corrected chi connectivity index (χ2v) is 6.80. The van der Waals surface area contributed by atoms with E-state index in [0.717, 1.165) is 36.8 Å². The topological polar surface area (TPSA) is 52.2 Å². The zero-order valence-corrected chi connectivity index (χ0v) is 12.7. The predicted molar refractivity (Wildman–Crippen MR) is 83.4 cm³/mol. The van der Waals surface area contributed by atoms with Gasteiger partial charge in [-0.25, -0.2) is 0 Å². The minimum Gasteiger partial charge on any atom is -0.374 e. The number of halogens is 1. The number of hydrogen-bond acceptors (Lipinski definition) is 3. The summed E-state index contributed by atoms with van der Waals surface area (Å²) in [6.45, 7) is 2.07. The van der Waals surface area contributed by atoms with Crippen molar-refractivity contribution in [2.75, 3.05) is 13.1 Å². The van der Waals surface area contributed by atoms with Gasteiger partial charge >= 0.3 is 0 Å². The van der Waals surface area contributed by atoms with Gasteiger partial charge in [0.1, 0.15) is 0 Å². The van der Waals surface area contributed by atoms with Crippen molar-refractivity contribution >= 4 is 28.4 Å². The van der Waals surface area contributed by atoms with Crippen LogP contribution in [0.25, 0.3) is 10.9 Å². The third-order valence-corrected chi connectivity index (χ3v) is 5.32. The second-order valence-electron chi connectivity index (χ2n) is 6.36. The first-order valence-corrected chi connectivity index (χ1v) is 8.01. The van der Waals surface area contributed by atoms with Crippen molar-refractivity contribution in [2.24, 2.45) is 5.92 Å². The van der Waals surface area contributed by atoms with Gasteiger partial charge in [0, 0.05) is 41.3 Å². The molecule has 1 fully saturated rings. The third-order valence-electron chi connectivity index (χ3n) is 5.09. The molecule has 5 nitrogen and oxygen atoms in total. The number of aromatic amines is 1. The van der Waals surface area contributed by atoms with E-state index >= 15 is 0 Å². The Kier molecular flexibility index (Phi) is 2.42. The summed E-state index contributed by atoms with van der Waals surface area (Å²) in [7, 11) is 0. The van der Waals surface area contributed by atoms with Crippen molar-refractivity contribution in [1.82, 2.24) is 20.0 Å². The highest BCUT2D eigenvalue weighted by Gasteiger charge is 2.46. The molecule has 3 aliphatic rings. The monoisotopic (exact) mass is 314 g/mol. The van der Waals surface area contributed by atoms with Gasteiger partial charge in [0.25, 0.3) is 5.91 Å². The normalized spacial score (nSPS) is 26.0. The van der Waals surface area contributed by atoms with Gasteiger partial charge in [-0.2, -0.15) is 5.10 Å². The summed E-state index contributed by atoms with van der Waals surface area (Å²) in [6, 6.07) is 5.76. The summed E-state index contributed by atoms with van der Waals surface area (Å²) < 4.78 is 0. The Balaban J connectivity index is 1.58. The van der Waals surface area contributed by atoms with Crippen LogP contribution in [0.4, 0.5) is 0 Å². The summed E-state index contributed by atoms with van der Waals surface area (Å²) in [4.78, 5) is 17.4. The average Bonchev–Trinajstić information content (AvgIpc) is 2.95. The third kappa shape index (κ3) is 1.60. The molecule has 0 radical (unpaired) electrons. The highest BCUT2D eigenvalue weighted by molar-refractivity contribution is 6.31. The lowest BCUT2D eigenvalue weighted by Gasteiger charge is -2.38. The number of amides is 1. The fourth-order valence-corrected chi connectivity index (χ4v) is 4.26. The highest BCUT2D eigenvalue weighted by Crippen LogP contribution is 2.43. The zero-order valence-electron chi connectivity index (χ0n) is 11.9. The van der Waals surface area contributed by atoms with Crippen LogP contribution in [0.2, 0.25) is 5.02 Å². The highest BCUT2D eigenvalue weighted by atomic mass is 35.5. The quantitative estimate of drug-likeness (QED) is 0.880. The summed E-state index contributed by atoms with van der Waals surface area (Å²) in [5.74, 6) is 0.543. The molecule has 2 aromatic rings. The minimum absolute atomic E-state index is 0.00822. The molecular formula is C16H15ClN4O. The number of fused-ring (bicyclic) bond motifs is 3. The lowest BCUT2D eigenvalue weighted by Crippen LogP contribution is -2.46. The van der Waals surface area contributed by atoms with Crippen molar-refractivity contribution in [2.45, 2.75) is 18.9 Å². The van der Waals surface area contributed by atoms with E-state index in [1.807, 2.05) is 11.0 Å². The maximum Gasteiger partial charge on any atom is 0.279 e. The van der Waals surface area contributed by atoms with Crippen LogP contribution in [0.15, 0.2) is 30.1 Å². The molecule has 1 saturated heterocycles. The number of H-pyrrole nitrogens is 1. The van der Waals surface area contributed by atoms with E-state index in [1.165, 1.54) is 5.70 Å². The van der Waals surface area contributed by atoms with Crippen LogP contribution in [0.3, 0.4) is 0 Å². The molecule has 1 aromatic heterocycles. The van der Waals surface area contributed by atoms with Crippen LogP contribution in [0.1, 0.15) is 23.3 Å². The number of aromatic nitrogens is 2. The molecule has 0 spiro atoms. The first-order valence-electron chi connectivity index (χ1n) is 7.63. The molecule has 1 aromatic carbocycles. The lowest BCUT2D eigenvalue weighted by atomic mass is 9.99. The zero-order chi connectivity index (χ0) is 14.8. The van der Waals surface area contributed by atoms with E-state index in [2.05, 4.69) is 21.3 Å². The van der Waals surface area contributed by atoms with Gasteiger partial charge in [-0.1, -0.05) is 11.6 Å². The summed E-state index contributed by atoms with van der Waals surface area (Å²) in [5, 5.41) is 8.65. The van der Waals surface area contributed by atoms with Crippen LogP contribution in [0, 0.1) is 5.92 Å². The van der Waals surface area contributed by atoms with Crippen molar-refractivity contribution in [3.8, 4) is 0 Å². The Morgan fingerprint density at radius 1 is 1.41 bits per heavy atom. The van der Waals surface area contributed by atoms with Crippen LogP contribution >= 0.6 is 11.6 Å². The van der Waals surface area contributed by atoms with Crippen molar-refractivity contribution in [3.05, 3.63) is 40.8 Å². The first-order chi connectivity index (χ1) is 10.7. The number of benzene rings is 1. The molecule has 1 amide bonds. The summed E-state index contributed by atoms with van der Waals surface area (Å²) in [5.41, 5.74) is 2.48. The van der Waals surface area contributed by atoms with E-state index < -0.39 is 0 Å². The molecule has 112 valence electrons. The fraction of sp³-hybridized carbons (Fsp3) is 0.375. The standard InChI is InChI=1S/C16H15ClN4O/c17-10-1-2-12-13(6-10)18-19-15(12)16(22)21-11-5-9-3-4-20(7-11)8-14(9)21/h1-2,6,8-9,11H,3-5,7H2,(H,18,19)/t9-,11-/m1/s1. The van der Waals surface area contributed by atoms with Crippen LogP contribution in [-0.2, 0) is 0 Å². The summed E-state index contributed by atoms with van der Waals surface area (Å²) >= 11 is 6.00. The molecule has 4 heterocycles. The molecule has 0 unspecified atom stereocenters. The Morgan fingerprint density at radius 2 is 2.32 bits per heavy atom. The average molecular weight is 315 g/mol. The number of carbonyl (C=O) groups excluding carboxylic acids is 1.